The second kappa shape index (κ2) is 8.38. The van der Waals surface area contributed by atoms with Crippen LogP contribution < -0.4 is 0 Å². The van der Waals surface area contributed by atoms with E-state index in [9.17, 15) is 9.59 Å². The van der Waals surface area contributed by atoms with E-state index in [0.29, 0.717) is 36.7 Å². The predicted molar refractivity (Wildman–Crippen MR) is 84.6 cm³/mol. The van der Waals surface area contributed by atoms with Crippen LogP contribution in [0.4, 0.5) is 0 Å². The van der Waals surface area contributed by atoms with E-state index in [0.717, 1.165) is 19.6 Å². The van der Waals surface area contributed by atoms with E-state index in [1.165, 1.54) is 18.3 Å². The number of Topliss-reactive ketones (excluding diaryl/α,β-unsaturated/α-hetero) is 1. The third kappa shape index (κ3) is 4.61. The zero-order valence-corrected chi connectivity index (χ0v) is 13.6. The first kappa shape index (κ1) is 17.1. The average Bonchev–Trinajstić information content (AvgIpc) is 3.02. The van der Waals surface area contributed by atoms with Crippen LogP contribution in [-0.4, -0.2) is 79.1 Å². The van der Waals surface area contributed by atoms with Gasteiger partial charge >= 0.3 is 0 Å². The first-order chi connectivity index (χ1) is 10.6. The number of carbonyl (C=O) groups is 2. The lowest BCUT2D eigenvalue weighted by molar-refractivity contribution is 0.0487. The monoisotopic (exact) mass is 326 g/mol. The highest BCUT2D eigenvalue weighted by atomic mass is 32.1. The Balaban J connectivity index is 1.78. The van der Waals surface area contributed by atoms with Gasteiger partial charge in [0.05, 0.1) is 30.3 Å². The summed E-state index contributed by atoms with van der Waals surface area (Å²) in [5.74, 6) is -0.00307. The Morgan fingerprint density at radius 1 is 1.27 bits per heavy atom. The molecule has 0 aliphatic carbocycles. The summed E-state index contributed by atoms with van der Waals surface area (Å²) in [5, 5.41) is 10.4. The number of hydrogen-bond acceptors (Lipinski definition) is 6. The molecule has 0 aromatic carbocycles. The molecule has 7 heteroatoms. The Morgan fingerprint density at radius 3 is 2.59 bits per heavy atom. The minimum Gasteiger partial charge on any atom is -0.394 e. The fraction of sp³-hybridized carbons (Fsp3) is 0.600. The number of amides is 1. The van der Waals surface area contributed by atoms with Crippen molar-refractivity contribution in [1.82, 2.24) is 9.80 Å². The highest BCUT2D eigenvalue weighted by Crippen LogP contribution is 2.17. The number of nitrogens with zero attached hydrogens (tertiary/aromatic N) is 2. The number of aliphatic hydroxyl groups is 1. The predicted octanol–water partition coefficient (Wildman–Crippen LogP) is 0.717. The third-order valence-corrected chi connectivity index (χ3v) is 4.67. The molecule has 122 valence electrons. The van der Waals surface area contributed by atoms with Crippen molar-refractivity contribution < 1.29 is 19.4 Å². The molecule has 0 atom stereocenters. The normalized spacial score (nSPS) is 16.0. The van der Waals surface area contributed by atoms with Gasteiger partial charge in [0.2, 0.25) is 0 Å². The Labute approximate surface area is 134 Å². The lowest BCUT2D eigenvalue weighted by Crippen LogP contribution is -2.49. The molecule has 2 rings (SSSR count). The van der Waals surface area contributed by atoms with Crippen LogP contribution in [0.25, 0.3) is 0 Å². The van der Waals surface area contributed by atoms with Gasteiger partial charge in [-0.05, 0) is 13.0 Å². The number of thiophene rings is 1. The van der Waals surface area contributed by atoms with Crippen molar-refractivity contribution in [3.05, 3.63) is 21.9 Å². The molecule has 1 saturated heterocycles. The number of ketones is 1. The molecule has 1 aromatic heterocycles. The largest absolute Gasteiger partial charge is 0.394 e. The van der Waals surface area contributed by atoms with Crippen LogP contribution in [0.1, 0.15) is 27.0 Å². The molecule has 1 fully saturated rings. The zero-order chi connectivity index (χ0) is 15.9. The molecule has 1 aromatic rings. The van der Waals surface area contributed by atoms with Crippen molar-refractivity contribution in [1.29, 1.82) is 0 Å². The van der Waals surface area contributed by atoms with Crippen LogP contribution in [0.15, 0.2) is 11.4 Å². The van der Waals surface area contributed by atoms with E-state index in [4.69, 9.17) is 9.84 Å². The maximum Gasteiger partial charge on any atom is 0.254 e. The Kier molecular flexibility index (Phi) is 6.50. The molecule has 1 aliphatic heterocycles. The highest BCUT2D eigenvalue weighted by Gasteiger charge is 2.23. The second-order valence-electron chi connectivity index (χ2n) is 5.23. The van der Waals surface area contributed by atoms with Crippen molar-refractivity contribution >= 4 is 23.0 Å². The van der Waals surface area contributed by atoms with Gasteiger partial charge in [-0.15, -0.1) is 11.3 Å². The molecule has 0 radical (unpaired) electrons. The zero-order valence-electron chi connectivity index (χ0n) is 12.8. The van der Waals surface area contributed by atoms with Gasteiger partial charge in [-0.2, -0.15) is 0 Å². The maximum atomic E-state index is 12.4. The van der Waals surface area contributed by atoms with E-state index in [1.54, 1.807) is 11.4 Å². The quantitative estimate of drug-likeness (QED) is 0.590. The average molecular weight is 326 g/mol. The minimum absolute atomic E-state index is 0.0000643. The molecular weight excluding hydrogens is 304 g/mol. The Hall–Kier alpha value is -1.28. The second-order valence-corrected chi connectivity index (χ2v) is 6.14. The van der Waals surface area contributed by atoms with Crippen LogP contribution in [-0.2, 0) is 4.74 Å². The Bertz CT molecular complexity index is 509. The van der Waals surface area contributed by atoms with E-state index in [-0.39, 0.29) is 18.3 Å². The fourth-order valence-electron chi connectivity index (χ4n) is 2.35. The van der Waals surface area contributed by atoms with Crippen LogP contribution in [0, 0.1) is 0 Å². The first-order valence-corrected chi connectivity index (χ1v) is 8.29. The van der Waals surface area contributed by atoms with Gasteiger partial charge in [0.1, 0.15) is 0 Å². The molecule has 0 saturated carbocycles. The summed E-state index contributed by atoms with van der Waals surface area (Å²) in [7, 11) is 0. The van der Waals surface area contributed by atoms with Crippen molar-refractivity contribution in [2.45, 2.75) is 6.92 Å². The fourth-order valence-corrected chi connectivity index (χ4v) is 3.13. The summed E-state index contributed by atoms with van der Waals surface area (Å²) in [4.78, 5) is 28.4. The molecule has 2 heterocycles. The molecule has 1 amide bonds. The maximum absolute atomic E-state index is 12.4. The Morgan fingerprint density at radius 2 is 2.00 bits per heavy atom. The molecule has 1 N–H and O–H groups in total. The molecule has 0 unspecified atom stereocenters. The van der Waals surface area contributed by atoms with Crippen molar-refractivity contribution in [2.75, 3.05) is 52.5 Å². The van der Waals surface area contributed by atoms with Gasteiger partial charge in [0, 0.05) is 38.1 Å². The van der Waals surface area contributed by atoms with E-state index in [1.807, 2.05) is 4.90 Å². The summed E-state index contributed by atoms with van der Waals surface area (Å²) in [5.41, 5.74) is 0.606. The molecule has 0 bridgehead atoms. The summed E-state index contributed by atoms with van der Waals surface area (Å²) in [6.07, 6.45) is 0. The SMILES string of the molecule is CC(=O)c1cc(C(=O)N2CCN(CCOCCO)CC2)cs1. The van der Waals surface area contributed by atoms with Gasteiger partial charge in [0.15, 0.2) is 5.78 Å². The molecular formula is C15H22N2O4S. The number of rotatable bonds is 7. The minimum atomic E-state index is -0.00301. The summed E-state index contributed by atoms with van der Waals surface area (Å²) >= 11 is 1.32. The number of ether oxygens (including phenoxy) is 1. The third-order valence-electron chi connectivity index (χ3n) is 3.64. The van der Waals surface area contributed by atoms with Crippen molar-refractivity contribution in [3.8, 4) is 0 Å². The molecule has 6 nitrogen and oxygen atoms in total. The van der Waals surface area contributed by atoms with E-state index in [2.05, 4.69) is 4.90 Å². The molecule has 1 aliphatic rings. The molecule has 22 heavy (non-hydrogen) atoms. The van der Waals surface area contributed by atoms with Crippen LogP contribution in [0.5, 0.6) is 0 Å². The van der Waals surface area contributed by atoms with Crippen LogP contribution in [0.3, 0.4) is 0 Å². The van der Waals surface area contributed by atoms with Gasteiger partial charge in [-0.25, -0.2) is 0 Å². The van der Waals surface area contributed by atoms with Gasteiger partial charge in [-0.3, -0.25) is 14.5 Å². The number of carbonyl (C=O) groups excluding carboxylic acids is 2. The van der Waals surface area contributed by atoms with E-state index < -0.39 is 0 Å². The highest BCUT2D eigenvalue weighted by molar-refractivity contribution is 7.12. The summed E-state index contributed by atoms with van der Waals surface area (Å²) in [6.45, 7) is 6.35. The van der Waals surface area contributed by atoms with Gasteiger partial charge in [-0.1, -0.05) is 0 Å². The number of aliphatic hydroxyl groups excluding tert-OH is 1. The van der Waals surface area contributed by atoms with Crippen molar-refractivity contribution in [3.63, 3.8) is 0 Å². The smallest absolute Gasteiger partial charge is 0.254 e. The molecule has 0 spiro atoms. The van der Waals surface area contributed by atoms with E-state index >= 15 is 0 Å². The van der Waals surface area contributed by atoms with Crippen LogP contribution in [0.2, 0.25) is 0 Å². The topological polar surface area (TPSA) is 70.1 Å². The lowest BCUT2D eigenvalue weighted by Gasteiger charge is -2.34. The number of piperazine rings is 1. The van der Waals surface area contributed by atoms with Crippen LogP contribution >= 0.6 is 11.3 Å². The summed E-state index contributed by atoms with van der Waals surface area (Å²) < 4.78 is 5.25. The van der Waals surface area contributed by atoms with Gasteiger partial charge in [0.25, 0.3) is 5.91 Å². The van der Waals surface area contributed by atoms with Gasteiger partial charge < -0.3 is 14.7 Å². The first-order valence-electron chi connectivity index (χ1n) is 7.41. The lowest BCUT2D eigenvalue weighted by atomic mass is 10.2. The summed E-state index contributed by atoms with van der Waals surface area (Å²) in [6, 6.07) is 1.68. The van der Waals surface area contributed by atoms with Crippen molar-refractivity contribution in [2.24, 2.45) is 0 Å². The number of hydrogen-bond donors (Lipinski definition) is 1. The standard InChI is InChI=1S/C15H22N2O4S/c1-12(19)14-10-13(11-22-14)15(20)17-4-2-16(3-5-17)6-8-21-9-7-18/h10-11,18H,2-9H2,1H3.